The van der Waals surface area contributed by atoms with Gasteiger partial charge in [-0.15, -0.1) is 10.2 Å². The number of carbonyl (C=O) groups is 1. The molecule has 6 heteroatoms. The van der Waals surface area contributed by atoms with Crippen LogP contribution in [0.25, 0.3) is 0 Å². The number of benzene rings is 1. The van der Waals surface area contributed by atoms with Gasteiger partial charge in [-0.05, 0) is 26.7 Å². The van der Waals surface area contributed by atoms with Crippen LogP contribution in [-0.2, 0) is 6.61 Å². The van der Waals surface area contributed by atoms with Crippen LogP contribution in [0.15, 0.2) is 29.4 Å². The summed E-state index contributed by atoms with van der Waals surface area (Å²) in [6.45, 7) is 3.77. The Morgan fingerprint density at radius 3 is 2.64 bits per heavy atom. The molecule has 0 spiro atoms. The standard InChI is InChI=1S/C16H19N3O2S/c1-10-3-5-12(6-4-10)15(21)11(2)22-16-18-17-14(9-20)19(16)13-7-8-13/h3-6,11,13,20H,7-9H2,1-2H3. The quantitative estimate of drug-likeness (QED) is 0.655. The molecule has 1 aliphatic rings. The summed E-state index contributed by atoms with van der Waals surface area (Å²) in [5.41, 5.74) is 1.85. The zero-order valence-electron chi connectivity index (χ0n) is 12.7. The molecule has 1 heterocycles. The molecule has 0 bridgehead atoms. The Kier molecular flexibility index (Phi) is 4.31. The maximum atomic E-state index is 12.5. The normalized spacial score (nSPS) is 15.8. The number of aryl methyl sites for hydroxylation is 1. The van der Waals surface area contributed by atoms with E-state index in [4.69, 9.17) is 0 Å². The fourth-order valence-corrected chi connectivity index (χ4v) is 3.37. The van der Waals surface area contributed by atoms with Crippen LogP contribution in [0, 0.1) is 6.92 Å². The van der Waals surface area contributed by atoms with E-state index < -0.39 is 0 Å². The Labute approximate surface area is 133 Å². The average Bonchev–Trinajstić information content (AvgIpc) is 3.28. The lowest BCUT2D eigenvalue weighted by atomic mass is 10.1. The van der Waals surface area contributed by atoms with Gasteiger partial charge < -0.3 is 9.67 Å². The molecular weight excluding hydrogens is 298 g/mol. The van der Waals surface area contributed by atoms with Gasteiger partial charge in [-0.3, -0.25) is 4.79 Å². The van der Waals surface area contributed by atoms with Gasteiger partial charge in [0.15, 0.2) is 16.8 Å². The first kappa shape index (κ1) is 15.2. The molecule has 1 aromatic heterocycles. The van der Waals surface area contributed by atoms with Gasteiger partial charge in [-0.25, -0.2) is 0 Å². The van der Waals surface area contributed by atoms with Crippen LogP contribution < -0.4 is 0 Å². The summed E-state index contributed by atoms with van der Waals surface area (Å²) in [6.07, 6.45) is 2.16. The minimum Gasteiger partial charge on any atom is -0.388 e. The third-order valence-electron chi connectivity index (χ3n) is 3.78. The molecule has 116 valence electrons. The van der Waals surface area contributed by atoms with Gasteiger partial charge in [-0.1, -0.05) is 41.6 Å². The molecule has 22 heavy (non-hydrogen) atoms. The third kappa shape index (κ3) is 3.08. The minimum absolute atomic E-state index is 0.0842. The zero-order chi connectivity index (χ0) is 15.7. The lowest BCUT2D eigenvalue weighted by Crippen LogP contribution is -2.15. The van der Waals surface area contributed by atoms with Crippen LogP contribution in [0.5, 0.6) is 0 Å². The Morgan fingerprint density at radius 2 is 2.05 bits per heavy atom. The molecular formula is C16H19N3O2S. The molecule has 1 atom stereocenters. The molecule has 3 rings (SSSR count). The maximum Gasteiger partial charge on any atom is 0.192 e. The van der Waals surface area contributed by atoms with Crippen molar-refractivity contribution in [3.8, 4) is 0 Å². The van der Waals surface area contributed by atoms with Gasteiger partial charge >= 0.3 is 0 Å². The predicted molar refractivity (Wildman–Crippen MR) is 85.0 cm³/mol. The highest BCUT2D eigenvalue weighted by Gasteiger charge is 2.30. The second kappa shape index (κ2) is 6.22. The lowest BCUT2D eigenvalue weighted by Gasteiger charge is -2.12. The lowest BCUT2D eigenvalue weighted by molar-refractivity contribution is 0.0994. The molecule has 1 aliphatic carbocycles. The highest BCUT2D eigenvalue weighted by molar-refractivity contribution is 8.00. The number of aromatic nitrogens is 3. The number of aliphatic hydroxyl groups excluding tert-OH is 1. The summed E-state index contributed by atoms with van der Waals surface area (Å²) in [6, 6.07) is 7.99. The number of rotatable bonds is 6. The van der Waals surface area contributed by atoms with Crippen molar-refractivity contribution in [3.05, 3.63) is 41.2 Å². The Morgan fingerprint density at radius 1 is 1.36 bits per heavy atom. The Hall–Kier alpha value is -1.66. The molecule has 0 amide bonds. The number of hydrogen-bond donors (Lipinski definition) is 1. The van der Waals surface area contributed by atoms with E-state index in [2.05, 4.69) is 10.2 Å². The van der Waals surface area contributed by atoms with Gasteiger partial charge in [0.25, 0.3) is 0 Å². The van der Waals surface area contributed by atoms with E-state index in [1.807, 2.05) is 42.7 Å². The molecule has 0 radical (unpaired) electrons. The van der Waals surface area contributed by atoms with Gasteiger partial charge in [0.05, 0.1) is 5.25 Å². The zero-order valence-corrected chi connectivity index (χ0v) is 13.5. The fourth-order valence-electron chi connectivity index (χ4n) is 2.36. The number of nitrogens with zero attached hydrogens (tertiary/aromatic N) is 3. The summed E-state index contributed by atoms with van der Waals surface area (Å²) in [4.78, 5) is 12.5. The fraction of sp³-hybridized carbons (Fsp3) is 0.438. The number of Topliss-reactive ketones (excluding diaryl/α,β-unsaturated/α-hetero) is 1. The first-order valence-electron chi connectivity index (χ1n) is 7.42. The first-order chi connectivity index (χ1) is 10.6. The molecule has 2 aromatic rings. The maximum absolute atomic E-state index is 12.5. The monoisotopic (exact) mass is 317 g/mol. The van der Waals surface area contributed by atoms with E-state index in [9.17, 15) is 9.90 Å². The number of aliphatic hydroxyl groups is 1. The van der Waals surface area contributed by atoms with Crippen LogP contribution in [0.3, 0.4) is 0 Å². The largest absolute Gasteiger partial charge is 0.388 e. The number of hydrogen-bond acceptors (Lipinski definition) is 5. The van der Waals surface area contributed by atoms with E-state index in [0.29, 0.717) is 17.4 Å². The highest BCUT2D eigenvalue weighted by Crippen LogP contribution is 2.39. The topological polar surface area (TPSA) is 68.0 Å². The van der Waals surface area contributed by atoms with Crippen molar-refractivity contribution >= 4 is 17.5 Å². The van der Waals surface area contributed by atoms with Crippen molar-refractivity contribution < 1.29 is 9.90 Å². The molecule has 1 aromatic carbocycles. The van der Waals surface area contributed by atoms with Gasteiger partial charge in [0.1, 0.15) is 6.61 Å². The average molecular weight is 317 g/mol. The van der Waals surface area contributed by atoms with Crippen molar-refractivity contribution in [1.29, 1.82) is 0 Å². The van der Waals surface area contributed by atoms with Crippen LogP contribution >= 0.6 is 11.8 Å². The predicted octanol–water partition coefficient (Wildman–Crippen LogP) is 2.78. The first-order valence-corrected chi connectivity index (χ1v) is 8.30. The van der Waals surface area contributed by atoms with Crippen LogP contribution in [-0.4, -0.2) is 30.9 Å². The van der Waals surface area contributed by atoms with E-state index >= 15 is 0 Å². The Balaban J connectivity index is 1.76. The number of thioether (sulfide) groups is 1. The Bertz CT molecular complexity index is 677. The second-order valence-electron chi connectivity index (χ2n) is 5.65. The summed E-state index contributed by atoms with van der Waals surface area (Å²) in [5.74, 6) is 0.667. The molecule has 0 aliphatic heterocycles. The summed E-state index contributed by atoms with van der Waals surface area (Å²) in [7, 11) is 0. The van der Waals surface area contributed by atoms with E-state index in [-0.39, 0.29) is 17.6 Å². The summed E-state index contributed by atoms with van der Waals surface area (Å²) in [5, 5.41) is 18.0. The smallest absolute Gasteiger partial charge is 0.192 e. The summed E-state index contributed by atoms with van der Waals surface area (Å²) >= 11 is 1.41. The van der Waals surface area contributed by atoms with E-state index in [1.54, 1.807) is 0 Å². The molecule has 0 saturated heterocycles. The van der Waals surface area contributed by atoms with E-state index in [0.717, 1.165) is 23.6 Å². The number of carbonyl (C=O) groups excluding carboxylic acids is 1. The molecule has 1 N–H and O–H groups in total. The molecule has 5 nitrogen and oxygen atoms in total. The van der Waals surface area contributed by atoms with Crippen molar-refractivity contribution in [2.24, 2.45) is 0 Å². The molecule has 1 saturated carbocycles. The van der Waals surface area contributed by atoms with Gasteiger partial charge in [-0.2, -0.15) is 0 Å². The second-order valence-corrected chi connectivity index (χ2v) is 6.96. The van der Waals surface area contributed by atoms with Crippen molar-refractivity contribution in [2.75, 3.05) is 0 Å². The third-order valence-corrected chi connectivity index (χ3v) is 4.83. The van der Waals surface area contributed by atoms with Crippen molar-refractivity contribution in [2.45, 2.75) is 49.7 Å². The van der Waals surface area contributed by atoms with Crippen LogP contribution in [0.4, 0.5) is 0 Å². The van der Waals surface area contributed by atoms with Crippen LogP contribution in [0.1, 0.15) is 47.6 Å². The number of ketones is 1. The van der Waals surface area contributed by atoms with E-state index in [1.165, 1.54) is 11.8 Å². The van der Waals surface area contributed by atoms with Gasteiger partial charge in [0, 0.05) is 11.6 Å². The molecule has 1 fully saturated rings. The molecule has 1 unspecified atom stereocenters. The van der Waals surface area contributed by atoms with Crippen molar-refractivity contribution in [3.63, 3.8) is 0 Å². The van der Waals surface area contributed by atoms with Crippen molar-refractivity contribution in [1.82, 2.24) is 14.8 Å². The van der Waals surface area contributed by atoms with Gasteiger partial charge in [0.2, 0.25) is 0 Å². The summed E-state index contributed by atoms with van der Waals surface area (Å²) < 4.78 is 1.98. The highest BCUT2D eigenvalue weighted by atomic mass is 32.2. The SMILES string of the molecule is Cc1ccc(C(=O)C(C)Sc2nnc(CO)n2C2CC2)cc1. The van der Waals surface area contributed by atoms with Crippen LogP contribution in [0.2, 0.25) is 0 Å². The minimum atomic E-state index is -0.240.